The van der Waals surface area contributed by atoms with E-state index in [2.05, 4.69) is 10.3 Å². The number of carboxylic acids is 1. The van der Waals surface area contributed by atoms with Crippen molar-refractivity contribution in [1.29, 1.82) is 0 Å². The number of nitrogens with one attached hydrogen (secondary N) is 1. The van der Waals surface area contributed by atoms with Gasteiger partial charge in [-0.3, -0.25) is 4.79 Å². The number of aliphatic carboxylic acids is 1. The standard InChI is InChI=1S/C13H13FN2O2S/c1-8-2-3-9(14)6-11(8)16-13-15-10(7-19-13)4-5-12(17)18/h2-3,6-7H,4-5H2,1H3,(H,15,16)(H,17,18). The van der Waals surface area contributed by atoms with Gasteiger partial charge in [0.25, 0.3) is 0 Å². The second-order valence-corrected chi connectivity index (χ2v) is 4.98. The van der Waals surface area contributed by atoms with Gasteiger partial charge in [0.1, 0.15) is 5.82 Å². The van der Waals surface area contributed by atoms with Crippen LogP contribution in [0.4, 0.5) is 15.2 Å². The van der Waals surface area contributed by atoms with E-state index in [4.69, 9.17) is 5.11 Å². The van der Waals surface area contributed by atoms with Gasteiger partial charge >= 0.3 is 5.97 Å². The molecule has 1 heterocycles. The summed E-state index contributed by atoms with van der Waals surface area (Å²) < 4.78 is 13.1. The van der Waals surface area contributed by atoms with Crippen molar-refractivity contribution in [2.75, 3.05) is 5.32 Å². The van der Waals surface area contributed by atoms with E-state index in [1.807, 2.05) is 6.92 Å². The van der Waals surface area contributed by atoms with Crippen LogP contribution in [0.5, 0.6) is 0 Å². The van der Waals surface area contributed by atoms with E-state index >= 15 is 0 Å². The lowest BCUT2D eigenvalue weighted by atomic mass is 10.2. The summed E-state index contributed by atoms with van der Waals surface area (Å²) in [6.07, 6.45) is 0.456. The summed E-state index contributed by atoms with van der Waals surface area (Å²) >= 11 is 1.37. The molecule has 6 heteroatoms. The van der Waals surface area contributed by atoms with Crippen LogP contribution in [0, 0.1) is 12.7 Å². The minimum absolute atomic E-state index is 0.0577. The average molecular weight is 280 g/mol. The van der Waals surface area contributed by atoms with Crippen molar-refractivity contribution in [3.05, 3.63) is 40.7 Å². The summed E-state index contributed by atoms with van der Waals surface area (Å²) in [6, 6.07) is 4.50. The molecule has 1 aromatic heterocycles. The van der Waals surface area contributed by atoms with Crippen LogP contribution in [0.2, 0.25) is 0 Å². The number of hydrogen-bond donors (Lipinski definition) is 2. The molecule has 0 unspecified atom stereocenters. The number of aryl methyl sites for hydroxylation is 2. The molecule has 2 aromatic rings. The van der Waals surface area contributed by atoms with E-state index in [0.717, 1.165) is 11.3 Å². The Labute approximate surface area is 113 Å². The van der Waals surface area contributed by atoms with Crippen molar-refractivity contribution in [3.8, 4) is 0 Å². The van der Waals surface area contributed by atoms with Crippen LogP contribution in [-0.4, -0.2) is 16.1 Å². The van der Waals surface area contributed by atoms with Gasteiger partial charge in [-0.25, -0.2) is 9.37 Å². The van der Waals surface area contributed by atoms with Gasteiger partial charge in [-0.15, -0.1) is 11.3 Å². The van der Waals surface area contributed by atoms with Crippen molar-refractivity contribution in [2.24, 2.45) is 0 Å². The van der Waals surface area contributed by atoms with Crippen LogP contribution in [-0.2, 0) is 11.2 Å². The quantitative estimate of drug-likeness (QED) is 0.881. The number of carbonyl (C=O) groups is 1. The Morgan fingerprint density at radius 1 is 1.53 bits per heavy atom. The lowest BCUT2D eigenvalue weighted by Gasteiger charge is -2.06. The van der Waals surface area contributed by atoms with E-state index in [9.17, 15) is 9.18 Å². The third-order valence-electron chi connectivity index (χ3n) is 2.59. The van der Waals surface area contributed by atoms with Crippen molar-refractivity contribution in [2.45, 2.75) is 19.8 Å². The maximum atomic E-state index is 13.1. The van der Waals surface area contributed by atoms with E-state index in [1.165, 1.54) is 23.5 Å². The van der Waals surface area contributed by atoms with Gasteiger partial charge in [0.15, 0.2) is 5.13 Å². The summed E-state index contributed by atoms with van der Waals surface area (Å²) in [5.74, 6) is -1.15. The fraction of sp³-hybridized carbons (Fsp3) is 0.231. The molecule has 0 fully saturated rings. The average Bonchev–Trinajstić information content (AvgIpc) is 2.79. The highest BCUT2D eigenvalue weighted by molar-refractivity contribution is 7.13. The fourth-order valence-corrected chi connectivity index (χ4v) is 2.32. The summed E-state index contributed by atoms with van der Waals surface area (Å²) in [4.78, 5) is 14.7. The highest BCUT2D eigenvalue weighted by atomic mass is 32.1. The first-order valence-corrected chi connectivity index (χ1v) is 6.62. The number of thiazole rings is 1. The van der Waals surface area contributed by atoms with Gasteiger partial charge in [-0.1, -0.05) is 6.07 Å². The lowest BCUT2D eigenvalue weighted by molar-refractivity contribution is -0.136. The molecule has 0 bridgehead atoms. The SMILES string of the molecule is Cc1ccc(F)cc1Nc1nc(CCC(=O)O)cs1. The van der Waals surface area contributed by atoms with E-state index in [-0.39, 0.29) is 12.2 Å². The summed E-state index contributed by atoms with van der Waals surface area (Å²) in [5.41, 5.74) is 2.31. The van der Waals surface area contributed by atoms with E-state index < -0.39 is 5.97 Å². The van der Waals surface area contributed by atoms with Crippen LogP contribution >= 0.6 is 11.3 Å². The molecule has 2 N–H and O–H groups in total. The number of benzene rings is 1. The third-order valence-corrected chi connectivity index (χ3v) is 3.39. The first kappa shape index (κ1) is 13.5. The Bertz CT molecular complexity index is 598. The molecule has 0 aliphatic heterocycles. The Kier molecular flexibility index (Phi) is 4.11. The van der Waals surface area contributed by atoms with Crippen molar-refractivity contribution >= 4 is 28.1 Å². The zero-order chi connectivity index (χ0) is 13.8. The van der Waals surface area contributed by atoms with Gasteiger partial charge in [-0.2, -0.15) is 0 Å². The molecule has 0 saturated carbocycles. The molecule has 0 radical (unpaired) electrons. The predicted octanol–water partition coefficient (Wildman–Crippen LogP) is 3.35. The van der Waals surface area contributed by atoms with Crippen LogP contribution in [0.25, 0.3) is 0 Å². The second kappa shape index (κ2) is 5.79. The minimum Gasteiger partial charge on any atom is -0.481 e. The molecular weight excluding hydrogens is 267 g/mol. The first-order valence-electron chi connectivity index (χ1n) is 5.74. The van der Waals surface area contributed by atoms with Crippen LogP contribution < -0.4 is 5.32 Å². The highest BCUT2D eigenvalue weighted by Gasteiger charge is 2.06. The Hall–Kier alpha value is -1.95. The zero-order valence-corrected chi connectivity index (χ0v) is 11.1. The van der Waals surface area contributed by atoms with Crippen molar-refractivity contribution in [1.82, 2.24) is 4.98 Å². The molecule has 1 aromatic carbocycles. The number of hydrogen-bond acceptors (Lipinski definition) is 4. The van der Waals surface area contributed by atoms with Gasteiger partial charge in [0, 0.05) is 17.5 Å². The Morgan fingerprint density at radius 2 is 2.32 bits per heavy atom. The third kappa shape index (κ3) is 3.75. The molecule has 0 amide bonds. The summed E-state index contributed by atoms with van der Waals surface area (Å²) in [7, 11) is 0. The first-order chi connectivity index (χ1) is 9.04. The maximum absolute atomic E-state index is 13.1. The molecular formula is C13H13FN2O2S. The Morgan fingerprint density at radius 3 is 3.05 bits per heavy atom. The Balaban J connectivity index is 2.07. The van der Waals surface area contributed by atoms with Crippen molar-refractivity contribution in [3.63, 3.8) is 0 Å². The number of rotatable bonds is 5. The molecule has 0 aliphatic carbocycles. The smallest absolute Gasteiger partial charge is 0.303 e. The molecule has 19 heavy (non-hydrogen) atoms. The van der Waals surface area contributed by atoms with Gasteiger partial charge in [0.05, 0.1) is 12.1 Å². The number of halogens is 1. The maximum Gasteiger partial charge on any atom is 0.303 e. The molecule has 4 nitrogen and oxygen atoms in total. The molecule has 2 rings (SSSR count). The monoisotopic (exact) mass is 280 g/mol. The zero-order valence-electron chi connectivity index (χ0n) is 10.3. The largest absolute Gasteiger partial charge is 0.481 e. The number of carboxylic acid groups (broad SMARTS) is 1. The summed E-state index contributed by atoms with van der Waals surface area (Å²) in [6.45, 7) is 1.88. The minimum atomic E-state index is -0.844. The van der Waals surface area contributed by atoms with Crippen LogP contribution in [0.3, 0.4) is 0 Å². The molecule has 0 spiro atoms. The van der Waals surface area contributed by atoms with Gasteiger partial charge < -0.3 is 10.4 Å². The van der Waals surface area contributed by atoms with Crippen LogP contribution in [0.15, 0.2) is 23.6 Å². The number of aromatic nitrogens is 1. The van der Waals surface area contributed by atoms with Gasteiger partial charge in [0.2, 0.25) is 0 Å². The number of anilines is 2. The van der Waals surface area contributed by atoms with E-state index in [1.54, 1.807) is 11.4 Å². The van der Waals surface area contributed by atoms with Gasteiger partial charge in [-0.05, 0) is 24.6 Å². The molecule has 0 atom stereocenters. The highest BCUT2D eigenvalue weighted by Crippen LogP contribution is 2.24. The fourth-order valence-electron chi connectivity index (χ4n) is 1.56. The summed E-state index contributed by atoms with van der Waals surface area (Å²) in [5, 5.41) is 14.1. The van der Waals surface area contributed by atoms with Crippen molar-refractivity contribution < 1.29 is 14.3 Å². The van der Waals surface area contributed by atoms with Crippen LogP contribution in [0.1, 0.15) is 17.7 Å². The lowest BCUT2D eigenvalue weighted by Crippen LogP contribution is -1.98. The van der Waals surface area contributed by atoms with E-state index in [0.29, 0.717) is 17.2 Å². The predicted molar refractivity (Wildman–Crippen MR) is 72.5 cm³/mol. The molecule has 0 aliphatic rings. The topological polar surface area (TPSA) is 62.2 Å². The molecule has 100 valence electrons. The normalized spacial score (nSPS) is 10.4. The molecule has 0 saturated heterocycles. The number of nitrogens with zero attached hydrogens (tertiary/aromatic N) is 1. The second-order valence-electron chi connectivity index (χ2n) is 4.12.